The number of rotatable bonds is 7. The van der Waals surface area contributed by atoms with Gasteiger partial charge in [-0.2, -0.15) is 0 Å². The zero-order valence-corrected chi connectivity index (χ0v) is 12.4. The van der Waals surface area contributed by atoms with Crippen molar-refractivity contribution >= 4 is 5.91 Å². The molecule has 0 aromatic heterocycles. The number of carbonyl (C=O) groups is 1. The van der Waals surface area contributed by atoms with Gasteiger partial charge in [0.15, 0.2) is 0 Å². The first-order valence-electron chi connectivity index (χ1n) is 7.83. The van der Waals surface area contributed by atoms with E-state index < -0.39 is 0 Å². The maximum atomic E-state index is 12.4. The first-order chi connectivity index (χ1) is 9.27. The molecule has 1 aliphatic carbocycles. The van der Waals surface area contributed by atoms with Crippen LogP contribution in [0.2, 0.25) is 0 Å². The van der Waals surface area contributed by atoms with E-state index in [4.69, 9.17) is 4.74 Å². The summed E-state index contributed by atoms with van der Waals surface area (Å²) in [5.41, 5.74) is 0. The topological polar surface area (TPSA) is 41.6 Å². The third kappa shape index (κ3) is 3.48. The van der Waals surface area contributed by atoms with Crippen molar-refractivity contribution in [2.45, 2.75) is 64.1 Å². The summed E-state index contributed by atoms with van der Waals surface area (Å²) in [6.45, 7) is 3.77. The Kier molecular flexibility index (Phi) is 5.64. The lowest BCUT2D eigenvalue weighted by molar-refractivity contribution is -0.130. The van der Waals surface area contributed by atoms with Crippen LogP contribution in [0.4, 0.5) is 0 Å². The van der Waals surface area contributed by atoms with Crippen molar-refractivity contribution < 1.29 is 9.53 Å². The molecule has 4 heteroatoms. The molecule has 2 atom stereocenters. The van der Waals surface area contributed by atoms with Crippen LogP contribution in [0, 0.1) is 5.92 Å². The average molecular weight is 268 g/mol. The van der Waals surface area contributed by atoms with Gasteiger partial charge in [0.2, 0.25) is 5.91 Å². The lowest BCUT2D eigenvalue weighted by Crippen LogP contribution is -2.43. The fourth-order valence-corrected chi connectivity index (χ4v) is 3.44. The SMILES string of the molecule is CCC1NC(C2CCCC2)N(CCCCOC)C1=O. The van der Waals surface area contributed by atoms with Crippen molar-refractivity contribution in [2.24, 2.45) is 5.92 Å². The second kappa shape index (κ2) is 7.25. The molecule has 0 aromatic carbocycles. The maximum absolute atomic E-state index is 12.4. The predicted octanol–water partition coefficient (Wildman–Crippen LogP) is 2.14. The molecule has 2 unspecified atom stereocenters. The van der Waals surface area contributed by atoms with E-state index in [0.717, 1.165) is 32.4 Å². The number of nitrogens with zero attached hydrogens (tertiary/aromatic N) is 1. The Morgan fingerprint density at radius 1 is 1.32 bits per heavy atom. The normalized spacial score (nSPS) is 28.5. The van der Waals surface area contributed by atoms with Gasteiger partial charge >= 0.3 is 0 Å². The third-order valence-corrected chi connectivity index (χ3v) is 4.54. The zero-order chi connectivity index (χ0) is 13.7. The van der Waals surface area contributed by atoms with Crippen molar-refractivity contribution in [2.75, 3.05) is 20.3 Å². The van der Waals surface area contributed by atoms with Gasteiger partial charge < -0.3 is 9.64 Å². The standard InChI is InChI=1S/C15H28N2O2/c1-3-13-15(18)17(10-6-7-11-19-2)14(16-13)12-8-4-5-9-12/h12-14,16H,3-11H2,1-2H3. The minimum absolute atomic E-state index is 0.0491. The van der Waals surface area contributed by atoms with E-state index in [1.807, 2.05) is 0 Å². The van der Waals surface area contributed by atoms with E-state index >= 15 is 0 Å². The van der Waals surface area contributed by atoms with Crippen LogP contribution >= 0.6 is 0 Å². The Hall–Kier alpha value is -0.610. The fourth-order valence-electron chi connectivity index (χ4n) is 3.44. The predicted molar refractivity (Wildman–Crippen MR) is 75.8 cm³/mol. The lowest BCUT2D eigenvalue weighted by atomic mass is 10.0. The molecule has 1 saturated heterocycles. The largest absolute Gasteiger partial charge is 0.385 e. The van der Waals surface area contributed by atoms with E-state index in [2.05, 4.69) is 17.1 Å². The average Bonchev–Trinajstić information content (AvgIpc) is 3.03. The molecule has 1 amide bonds. The summed E-state index contributed by atoms with van der Waals surface area (Å²) < 4.78 is 5.08. The summed E-state index contributed by atoms with van der Waals surface area (Å²) in [7, 11) is 1.73. The van der Waals surface area contributed by atoms with Crippen molar-refractivity contribution in [1.82, 2.24) is 10.2 Å². The number of hydrogen-bond acceptors (Lipinski definition) is 3. The number of methoxy groups -OCH3 is 1. The van der Waals surface area contributed by atoms with Crippen LogP contribution in [-0.2, 0) is 9.53 Å². The molecule has 2 aliphatic rings. The van der Waals surface area contributed by atoms with E-state index in [9.17, 15) is 4.79 Å². The van der Waals surface area contributed by atoms with Crippen LogP contribution in [-0.4, -0.2) is 43.3 Å². The number of carbonyl (C=O) groups excluding carboxylic acids is 1. The Morgan fingerprint density at radius 3 is 2.68 bits per heavy atom. The molecule has 1 aliphatic heterocycles. The van der Waals surface area contributed by atoms with Crippen LogP contribution in [0.15, 0.2) is 0 Å². The zero-order valence-electron chi connectivity index (χ0n) is 12.4. The molecule has 0 spiro atoms. The number of ether oxygens (including phenoxy) is 1. The van der Waals surface area contributed by atoms with Crippen molar-refractivity contribution in [3.63, 3.8) is 0 Å². The van der Waals surface area contributed by atoms with E-state index in [1.54, 1.807) is 7.11 Å². The molecule has 1 heterocycles. The second-order valence-corrected chi connectivity index (χ2v) is 5.85. The maximum Gasteiger partial charge on any atom is 0.241 e. The van der Waals surface area contributed by atoms with Crippen LogP contribution in [0.5, 0.6) is 0 Å². The molecule has 0 radical (unpaired) electrons. The number of unbranched alkanes of at least 4 members (excludes halogenated alkanes) is 1. The van der Waals surface area contributed by atoms with Gasteiger partial charge in [0.25, 0.3) is 0 Å². The summed E-state index contributed by atoms with van der Waals surface area (Å²) >= 11 is 0. The molecule has 1 N–H and O–H groups in total. The summed E-state index contributed by atoms with van der Waals surface area (Å²) in [4.78, 5) is 14.5. The van der Waals surface area contributed by atoms with Crippen LogP contribution in [0.1, 0.15) is 51.9 Å². The van der Waals surface area contributed by atoms with Crippen molar-refractivity contribution in [3.05, 3.63) is 0 Å². The minimum Gasteiger partial charge on any atom is -0.385 e. The van der Waals surface area contributed by atoms with Gasteiger partial charge in [-0.1, -0.05) is 19.8 Å². The molecule has 19 heavy (non-hydrogen) atoms. The highest BCUT2D eigenvalue weighted by Gasteiger charge is 2.41. The van der Waals surface area contributed by atoms with E-state index in [-0.39, 0.29) is 6.04 Å². The van der Waals surface area contributed by atoms with Gasteiger partial charge in [-0.05, 0) is 38.0 Å². The van der Waals surface area contributed by atoms with Crippen LogP contribution in [0.3, 0.4) is 0 Å². The van der Waals surface area contributed by atoms with Gasteiger partial charge in [-0.15, -0.1) is 0 Å². The van der Waals surface area contributed by atoms with Crippen LogP contribution < -0.4 is 5.32 Å². The molecule has 110 valence electrons. The Labute approximate surface area is 116 Å². The Balaban J connectivity index is 1.91. The smallest absolute Gasteiger partial charge is 0.241 e. The molecule has 2 fully saturated rings. The quantitative estimate of drug-likeness (QED) is 0.719. The van der Waals surface area contributed by atoms with Gasteiger partial charge in [0.05, 0.1) is 12.2 Å². The van der Waals surface area contributed by atoms with Gasteiger partial charge in [-0.25, -0.2) is 0 Å². The first-order valence-corrected chi connectivity index (χ1v) is 7.83. The highest BCUT2D eigenvalue weighted by atomic mass is 16.5. The number of hydrogen-bond donors (Lipinski definition) is 1. The monoisotopic (exact) mass is 268 g/mol. The summed E-state index contributed by atoms with van der Waals surface area (Å²) in [5, 5.41) is 3.57. The molecule has 0 bridgehead atoms. The molecule has 0 aromatic rings. The molecular formula is C15H28N2O2. The van der Waals surface area contributed by atoms with Crippen LogP contribution in [0.25, 0.3) is 0 Å². The number of nitrogens with one attached hydrogen (secondary N) is 1. The van der Waals surface area contributed by atoms with Gasteiger partial charge in [-0.3, -0.25) is 10.1 Å². The summed E-state index contributed by atoms with van der Waals surface area (Å²) in [6.07, 6.45) is 8.47. The second-order valence-electron chi connectivity index (χ2n) is 5.85. The minimum atomic E-state index is 0.0491. The van der Waals surface area contributed by atoms with Gasteiger partial charge in [0, 0.05) is 20.3 Å². The van der Waals surface area contributed by atoms with E-state index in [0.29, 0.717) is 18.0 Å². The van der Waals surface area contributed by atoms with Gasteiger partial charge in [0.1, 0.15) is 0 Å². The first kappa shape index (κ1) is 14.8. The molecular weight excluding hydrogens is 240 g/mol. The van der Waals surface area contributed by atoms with Crippen molar-refractivity contribution in [3.8, 4) is 0 Å². The molecule has 2 rings (SSSR count). The summed E-state index contributed by atoms with van der Waals surface area (Å²) in [5.74, 6) is 0.986. The van der Waals surface area contributed by atoms with E-state index in [1.165, 1.54) is 25.7 Å². The Bertz CT molecular complexity index is 290. The summed E-state index contributed by atoms with van der Waals surface area (Å²) in [6, 6.07) is 0.0491. The number of amides is 1. The third-order valence-electron chi connectivity index (χ3n) is 4.54. The fraction of sp³-hybridized carbons (Fsp3) is 0.933. The van der Waals surface area contributed by atoms with Crippen molar-refractivity contribution in [1.29, 1.82) is 0 Å². The highest BCUT2D eigenvalue weighted by Crippen LogP contribution is 2.32. The lowest BCUT2D eigenvalue weighted by Gasteiger charge is -2.29. The molecule has 1 saturated carbocycles. The highest BCUT2D eigenvalue weighted by molar-refractivity contribution is 5.84. The molecule has 4 nitrogen and oxygen atoms in total. The Morgan fingerprint density at radius 2 is 2.05 bits per heavy atom.